The van der Waals surface area contributed by atoms with Crippen molar-refractivity contribution in [3.63, 3.8) is 0 Å². The minimum Gasteiger partial charge on any atom is -0.466 e. The van der Waals surface area contributed by atoms with Gasteiger partial charge in [0.1, 0.15) is 18.7 Å². The van der Waals surface area contributed by atoms with Crippen molar-refractivity contribution in [2.75, 3.05) is 90.2 Å². The minimum atomic E-state index is -0.855. The summed E-state index contributed by atoms with van der Waals surface area (Å²) in [6.07, 6.45) is 10.3. The van der Waals surface area contributed by atoms with Crippen LogP contribution in [0.2, 0.25) is 0 Å². The predicted molar refractivity (Wildman–Crippen MR) is 291 cm³/mol. The summed E-state index contributed by atoms with van der Waals surface area (Å²) in [5, 5.41) is 36.1. The van der Waals surface area contributed by atoms with E-state index in [1.807, 2.05) is 0 Å². The van der Waals surface area contributed by atoms with Crippen LogP contribution in [0.5, 0.6) is 0 Å². The maximum Gasteiger partial charge on any atom is 1.00 e. The number of nitrogens with zero attached hydrogens (tertiary/aromatic N) is 11. The zero-order valence-corrected chi connectivity index (χ0v) is 51.2. The number of nitriles is 2. The molecule has 0 heterocycles. The van der Waals surface area contributed by atoms with E-state index in [4.69, 9.17) is 106 Å². The van der Waals surface area contributed by atoms with Crippen LogP contribution in [-0.2, 0) is 66.6 Å². The molecule has 0 bridgehead atoms. The number of amides is 2. The topological polar surface area (TPSA) is 451 Å². The largest absolute Gasteiger partial charge is 1.00 e. The molecule has 0 aromatic heterocycles. The monoisotopic (exact) mass is 1230 g/mol. The molecule has 2 amide bonds. The van der Waals surface area contributed by atoms with E-state index < -0.39 is 48.3 Å². The van der Waals surface area contributed by atoms with Crippen LogP contribution < -0.4 is 40.2 Å². The van der Waals surface area contributed by atoms with E-state index in [1.54, 1.807) is 27.0 Å². The molecule has 0 saturated heterocycles. The number of halogens is 3. The first kappa shape index (κ1) is 86.5. The van der Waals surface area contributed by atoms with Gasteiger partial charge in [0, 0.05) is 60.0 Å². The van der Waals surface area contributed by atoms with Crippen LogP contribution in [0.25, 0.3) is 36.9 Å². The first-order valence-corrected chi connectivity index (χ1v) is 27.3. The number of azide groups is 2. The number of rotatable bonds is 42. The Morgan fingerprint density at radius 3 is 1.28 bits per heavy atom. The number of alkyl carbamates (subject to hydrolysis) is 2. The van der Waals surface area contributed by atoms with Crippen molar-refractivity contribution in [1.29, 1.82) is 10.5 Å². The molecule has 456 valence electrons. The third kappa shape index (κ3) is 68.4. The molecule has 0 aromatic rings. The number of ether oxygens (including phenoxy) is 9. The molecule has 0 saturated carbocycles. The van der Waals surface area contributed by atoms with Crippen molar-refractivity contribution in [1.82, 2.24) is 10.6 Å². The van der Waals surface area contributed by atoms with Crippen molar-refractivity contribution in [2.24, 2.45) is 10.2 Å². The van der Waals surface area contributed by atoms with Crippen LogP contribution in [0.15, 0.2) is 10.2 Å². The van der Waals surface area contributed by atoms with Gasteiger partial charge < -0.3 is 69.4 Å². The summed E-state index contributed by atoms with van der Waals surface area (Å²) in [5.41, 5.74) is 29.8. The Morgan fingerprint density at radius 1 is 0.519 bits per heavy atom. The molecule has 0 aromatic carbocycles. The third-order valence-electron chi connectivity index (χ3n) is 9.02. The number of hydrogen-bond acceptors (Lipinski definition) is 21. The van der Waals surface area contributed by atoms with Crippen molar-refractivity contribution >= 4 is 76.8 Å². The molecule has 3 atom stereocenters. The second-order valence-electron chi connectivity index (χ2n) is 15.3. The Hall–Kier alpha value is -5.77. The molecule has 0 aliphatic rings. The van der Waals surface area contributed by atoms with Crippen LogP contribution in [0.3, 0.4) is 0 Å². The number of unbranched alkanes of at least 4 members (excludes halogenated alkanes) is 5. The van der Waals surface area contributed by atoms with Gasteiger partial charge in [-0.25, -0.2) is 24.0 Å². The summed E-state index contributed by atoms with van der Waals surface area (Å²) in [7, 11) is 0. The Bertz CT molecular complexity index is 1840. The molecule has 3 N–H and O–H groups in total. The van der Waals surface area contributed by atoms with E-state index in [9.17, 15) is 33.6 Å². The average Bonchev–Trinajstić information content (AvgIpc) is 3.43. The quantitative estimate of drug-likeness (QED) is 0.00676. The number of aliphatic hydroxyl groups is 1. The fraction of sp³-hybridized carbons (Fsp3) is 0.809. The van der Waals surface area contributed by atoms with E-state index in [1.165, 1.54) is 11.2 Å². The number of esters is 5. The summed E-state index contributed by atoms with van der Waals surface area (Å²) in [6, 6.07) is -1.61. The van der Waals surface area contributed by atoms with E-state index in [2.05, 4.69) is 40.2 Å². The molecule has 0 fully saturated rings. The fourth-order valence-corrected chi connectivity index (χ4v) is 5.73. The van der Waals surface area contributed by atoms with Gasteiger partial charge in [-0.05, 0) is 109 Å². The average molecular weight is 1230 g/mol. The van der Waals surface area contributed by atoms with Crippen LogP contribution in [0, 0.1) is 23.0 Å². The maximum absolute atomic E-state index is 12.0. The second-order valence-corrected chi connectivity index (χ2v) is 16.4. The number of alkyl halides is 3. The number of carbonyl (C=O) groups is 7. The molecule has 34 heteroatoms. The summed E-state index contributed by atoms with van der Waals surface area (Å²) in [4.78, 5) is 88.4. The van der Waals surface area contributed by atoms with E-state index in [0.717, 1.165) is 6.42 Å². The van der Waals surface area contributed by atoms with Gasteiger partial charge in [0.2, 0.25) is 6.10 Å². The van der Waals surface area contributed by atoms with Gasteiger partial charge in [-0.1, -0.05) is 35.9 Å². The number of carbonyl (C=O) groups excluding carboxylic acids is 7. The van der Waals surface area contributed by atoms with Crippen LogP contribution in [0.1, 0.15) is 136 Å². The number of nitrogens with one attached hydrogen (secondary N) is 2. The van der Waals surface area contributed by atoms with Crippen molar-refractivity contribution in [2.45, 2.75) is 155 Å². The van der Waals surface area contributed by atoms with Crippen LogP contribution in [-0.4, -0.2) is 156 Å². The molecule has 0 radical (unpaired) electrons. The Labute approximate surface area is 510 Å². The van der Waals surface area contributed by atoms with Crippen molar-refractivity contribution in [3.05, 3.63) is 36.9 Å². The molecular weight excluding hydrogens is 1150 g/mol. The van der Waals surface area contributed by atoms with E-state index in [-0.39, 0.29) is 107 Å². The van der Waals surface area contributed by atoms with E-state index in [0.29, 0.717) is 134 Å². The summed E-state index contributed by atoms with van der Waals surface area (Å²) >= 11 is 16.2. The molecule has 0 rings (SSSR count). The molecule has 81 heavy (non-hydrogen) atoms. The predicted octanol–water partition coefficient (Wildman–Crippen LogP) is 6.50. The summed E-state index contributed by atoms with van der Waals surface area (Å²) in [6.45, 7) is 7.51. The first-order valence-electron chi connectivity index (χ1n) is 25.7. The van der Waals surface area contributed by atoms with Gasteiger partial charge in [-0.3, -0.25) is 14.5 Å². The second kappa shape index (κ2) is 72.2. The van der Waals surface area contributed by atoms with Gasteiger partial charge in [-0.15, -0.1) is 34.8 Å². The number of hydrogen-bond donors (Lipinski definition) is 3. The molecule has 0 aliphatic carbocycles. The summed E-state index contributed by atoms with van der Waals surface area (Å²) < 4.78 is 43.6. The molecule has 0 aliphatic heterocycles. The fourth-order valence-electron chi connectivity index (χ4n) is 5.39. The zero-order valence-electron chi connectivity index (χ0n) is 46.9. The molecule has 0 spiro atoms. The van der Waals surface area contributed by atoms with Crippen molar-refractivity contribution < 1.29 is 111 Å². The zero-order chi connectivity index (χ0) is 61.1. The van der Waals surface area contributed by atoms with Gasteiger partial charge >= 0.3 is 71.6 Å². The molecule has 3 unspecified atom stereocenters. The standard InChI is InChI=1S/C17H29Cl2NO6.C17H29N7O6.C10H14N2O4.C3H7ClO.N3.Na/c1-2-24-16(22)14(20-17(23)26-13-7-11-19)8-4-3-5-9-15(21)25-12-6-10-18;1-2-28-16(26)14(22-17(27)30-13-7-11-21-24-19)8-4-3-5-9-15(25)29-12-6-10-20-23-18;1-2-15-10(13)9(16-8-12)5-3-4-6-14-7-11;4-2-1-3-5;1-3-2;/h14H,2-13H2,1H3,(H,20,23);14H,2-13H2,1H3,(H,22,27);9H,2-6H2,1H3;5H,1-3H2;;/q;;;;-1;+1. The number of aliphatic hydroxyl groups excluding tert-OH is 1. The normalized spacial score (nSPS) is 10.4. The first-order chi connectivity index (χ1) is 38.7. The minimum absolute atomic E-state index is 0. The Balaban J connectivity index is -0.000000250. The van der Waals surface area contributed by atoms with Gasteiger partial charge in [-0.2, -0.15) is 10.5 Å². The Morgan fingerprint density at radius 2 is 0.914 bits per heavy atom. The third-order valence-corrected chi connectivity index (χ3v) is 9.82. The van der Waals surface area contributed by atoms with Gasteiger partial charge in [0.25, 0.3) is 12.5 Å². The Kier molecular flexibility index (Phi) is 77.1. The van der Waals surface area contributed by atoms with Crippen LogP contribution >= 0.6 is 34.8 Å². The van der Waals surface area contributed by atoms with Gasteiger partial charge in [0.15, 0.2) is 0 Å². The SMILES string of the molecule is CCOC(=O)C(CCCCCC(=O)OCCCCl)NC(=O)OCCCCl.CCOC(=O)C(CCCCCC(=O)OCCCN=[N+]=[N-])NC(=O)OCCCN=[N+]=[N-].CCOC(=O)C(CCCCOC#N)OC#N.OCCCCl.[N-]=[N+]=[N-].[Na+]. The molecular formula is C47H79Cl3N13NaO17. The smallest absolute Gasteiger partial charge is 0.466 e. The van der Waals surface area contributed by atoms with E-state index >= 15 is 0 Å². The maximum atomic E-state index is 12.0. The van der Waals surface area contributed by atoms with Crippen LogP contribution in [0.4, 0.5) is 9.59 Å². The summed E-state index contributed by atoms with van der Waals surface area (Å²) in [5.74, 6) is -0.752. The molecule has 30 nitrogen and oxygen atoms in total. The van der Waals surface area contributed by atoms with Crippen molar-refractivity contribution in [3.8, 4) is 12.5 Å². The van der Waals surface area contributed by atoms with Gasteiger partial charge in [0.05, 0.1) is 46.2 Å².